The van der Waals surface area contributed by atoms with Crippen LogP contribution in [0.3, 0.4) is 0 Å². The van der Waals surface area contributed by atoms with Crippen LogP contribution in [0.1, 0.15) is 24.3 Å². The third kappa shape index (κ3) is 3.39. The lowest BCUT2D eigenvalue weighted by Gasteiger charge is -2.23. The van der Waals surface area contributed by atoms with E-state index in [0.29, 0.717) is 16.3 Å². The number of nitrogens with one attached hydrogen (secondary N) is 2. The maximum atomic E-state index is 12.0. The quantitative estimate of drug-likeness (QED) is 0.881. The Morgan fingerprint density at radius 1 is 1.27 bits per heavy atom. The van der Waals surface area contributed by atoms with E-state index < -0.39 is 0 Å². The van der Waals surface area contributed by atoms with Crippen molar-refractivity contribution in [2.24, 2.45) is 7.05 Å². The average molecular weight is 363 g/mol. The fourth-order valence-corrected chi connectivity index (χ4v) is 3.27. The Morgan fingerprint density at radius 2 is 1.95 bits per heavy atom. The zero-order chi connectivity index (χ0) is 15.5. The first kappa shape index (κ1) is 15.2. The van der Waals surface area contributed by atoms with Crippen molar-refractivity contribution in [3.05, 3.63) is 51.0 Å². The molecule has 0 unspecified atom stereocenters. The summed E-state index contributed by atoms with van der Waals surface area (Å²) in [7, 11) is 1.71. The highest BCUT2D eigenvalue weighted by atomic mass is 79.9. The van der Waals surface area contributed by atoms with E-state index in [4.69, 9.17) is 0 Å². The standard InChI is InChI=1S/C16H19BrN4O/c1-21-10-14(17)20-15(16(21)22)19-13-4-2-11(3-5-13)12-6-8-18-9-7-12/h2-5,10,12,18H,6-9H2,1H3,(H,19,20). The van der Waals surface area contributed by atoms with Crippen molar-refractivity contribution < 1.29 is 0 Å². The number of rotatable bonds is 3. The van der Waals surface area contributed by atoms with Gasteiger partial charge in [0.25, 0.3) is 5.56 Å². The van der Waals surface area contributed by atoms with Gasteiger partial charge in [0.1, 0.15) is 4.60 Å². The predicted molar refractivity (Wildman–Crippen MR) is 91.7 cm³/mol. The molecule has 0 bridgehead atoms. The number of nitrogens with zero attached hydrogens (tertiary/aromatic N) is 2. The van der Waals surface area contributed by atoms with Crippen molar-refractivity contribution in [1.29, 1.82) is 0 Å². The molecule has 1 aliphatic rings. The third-order valence-electron chi connectivity index (χ3n) is 4.03. The number of aryl methyl sites for hydroxylation is 1. The molecule has 5 nitrogen and oxygen atoms in total. The molecule has 0 radical (unpaired) electrons. The molecule has 0 aliphatic carbocycles. The molecule has 2 N–H and O–H groups in total. The summed E-state index contributed by atoms with van der Waals surface area (Å²) in [6.07, 6.45) is 4.01. The highest BCUT2D eigenvalue weighted by molar-refractivity contribution is 9.10. The second-order valence-corrected chi connectivity index (χ2v) is 6.41. The lowest BCUT2D eigenvalue weighted by atomic mass is 9.90. The SMILES string of the molecule is Cn1cc(Br)nc(Nc2ccc(C3CCNCC3)cc2)c1=O. The summed E-state index contributed by atoms with van der Waals surface area (Å²) in [5.74, 6) is 0.957. The summed E-state index contributed by atoms with van der Waals surface area (Å²) in [5.41, 5.74) is 2.09. The van der Waals surface area contributed by atoms with Crippen molar-refractivity contribution >= 4 is 27.4 Å². The van der Waals surface area contributed by atoms with Gasteiger partial charge in [0.2, 0.25) is 0 Å². The number of piperidine rings is 1. The Balaban J connectivity index is 1.77. The zero-order valence-corrected chi connectivity index (χ0v) is 14.1. The molecule has 0 amide bonds. The summed E-state index contributed by atoms with van der Waals surface area (Å²) in [6.45, 7) is 2.17. The number of benzene rings is 1. The normalized spacial score (nSPS) is 15.7. The number of halogens is 1. The van der Waals surface area contributed by atoms with Gasteiger partial charge in [-0.25, -0.2) is 4.98 Å². The molecule has 1 fully saturated rings. The Hall–Kier alpha value is -1.66. The van der Waals surface area contributed by atoms with Gasteiger partial charge in [-0.2, -0.15) is 0 Å². The zero-order valence-electron chi connectivity index (χ0n) is 12.5. The molecule has 0 saturated carbocycles. The maximum Gasteiger partial charge on any atom is 0.293 e. The van der Waals surface area contributed by atoms with E-state index >= 15 is 0 Å². The molecule has 0 atom stereocenters. The monoisotopic (exact) mass is 362 g/mol. The van der Waals surface area contributed by atoms with Crippen LogP contribution in [0.15, 0.2) is 39.9 Å². The molecule has 6 heteroatoms. The van der Waals surface area contributed by atoms with Gasteiger partial charge in [0.05, 0.1) is 0 Å². The van der Waals surface area contributed by atoms with Gasteiger partial charge >= 0.3 is 0 Å². The van der Waals surface area contributed by atoms with Gasteiger partial charge < -0.3 is 15.2 Å². The van der Waals surface area contributed by atoms with E-state index in [1.54, 1.807) is 13.2 Å². The van der Waals surface area contributed by atoms with E-state index in [2.05, 4.69) is 43.7 Å². The molecule has 1 aliphatic heterocycles. The number of hydrogen-bond acceptors (Lipinski definition) is 4. The number of anilines is 2. The Bertz CT molecular complexity index is 705. The smallest absolute Gasteiger partial charge is 0.293 e. The fourth-order valence-electron chi connectivity index (χ4n) is 2.78. The van der Waals surface area contributed by atoms with E-state index in [1.807, 2.05) is 12.1 Å². The fraction of sp³-hybridized carbons (Fsp3) is 0.375. The highest BCUT2D eigenvalue weighted by Crippen LogP contribution is 2.26. The summed E-state index contributed by atoms with van der Waals surface area (Å²) in [6, 6.07) is 8.31. The van der Waals surface area contributed by atoms with Gasteiger partial charge in [-0.05, 0) is 65.5 Å². The third-order valence-corrected chi connectivity index (χ3v) is 4.41. The van der Waals surface area contributed by atoms with Gasteiger partial charge in [-0.1, -0.05) is 12.1 Å². The topological polar surface area (TPSA) is 59.0 Å². The van der Waals surface area contributed by atoms with Crippen LogP contribution in [-0.4, -0.2) is 22.6 Å². The molecule has 2 aromatic rings. The van der Waals surface area contributed by atoms with Gasteiger partial charge in [0.15, 0.2) is 5.82 Å². The van der Waals surface area contributed by atoms with Crippen LogP contribution >= 0.6 is 15.9 Å². The van der Waals surface area contributed by atoms with E-state index in [-0.39, 0.29) is 5.56 Å². The average Bonchev–Trinajstić information content (AvgIpc) is 2.54. The first-order valence-corrected chi connectivity index (χ1v) is 8.23. The summed E-state index contributed by atoms with van der Waals surface area (Å²) in [5, 5.41) is 6.48. The molecule has 1 aromatic carbocycles. The van der Waals surface area contributed by atoms with Gasteiger partial charge in [-0.3, -0.25) is 4.79 Å². The van der Waals surface area contributed by atoms with E-state index in [9.17, 15) is 4.79 Å². The van der Waals surface area contributed by atoms with Crippen LogP contribution in [0.4, 0.5) is 11.5 Å². The van der Waals surface area contributed by atoms with Crippen molar-refractivity contribution in [2.75, 3.05) is 18.4 Å². The second-order valence-electron chi connectivity index (χ2n) is 5.60. The minimum Gasteiger partial charge on any atom is -0.336 e. The Labute approximate surface area is 137 Å². The van der Waals surface area contributed by atoms with Crippen LogP contribution in [0.2, 0.25) is 0 Å². The van der Waals surface area contributed by atoms with Crippen LogP contribution in [-0.2, 0) is 7.05 Å². The van der Waals surface area contributed by atoms with Crippen molar-refractivity contribution in [3.8, 4) is 0 Å². The molecule has 22 heavy (non-hydrogen) atoms. The first-order chi connectivity index (χ1) is 10.6. The molecule has 3 rings (SSSR count). The minimum atomic E-state index is -0.148. The Kier molecular flexibility index (Phi) is 4.59. The number of aromatic nitrogens is 2. The molecular formula is C16H19BrN4O. The van der Waals surface area contributed by atoms with Gasteiger partial charge in [0, 0.05) is 18.9 Å². The van der Waals surface area contributed by atoms with Crippen LogP contribution in [0.5, 0.6) is 0 Å². The molecule has 2 heterocycles. The summed E-state index contributed by atoms with van der Waals surface area (Å²) < 4.78 is 2.13. The minimum absolute atomic E-state index is 0.148. The lowest BCUT2D eigenvalue weighted by molar-refractivity contribution is 0.460. The van der Waals surface area contributed by atoms with E-state index in [1.165, 1.54) is 23.0 Å². The molecule has 1 aromatic heterocycles. The number of hydrogen-bond donors (Lipinski definition) is 2. The van der Waals surface area contributed by atoms with Crippen molar-refractivity contribution in [1.82, 2.24) is 14.9 Å². The largest absolute Gasteiger partial charge is 0.336 e. The summed E-state index contributed by atoms with van der Waals surface area (Å²) >= 11 is 3.31. The van der Waals surface area contributed by atoms with Crippen LogP contribution in [0, 0.1) is 0 Å². The van der Waals surface area contributed by atoms with Gasteiger partial charge in [-0.15, -0.1) is 0 Å². The van der Waals surface area contributed by atoms with Crippen LogP contribution in [0.25, 0.3) is 0 Å². The summed E-state index contributed by atoms with van der Waals surface area (Å²) in [4.78, 5) is 16.3. The molecule has 1 saturated heterocycles. The maximum absolute atomic E-state index is 12.0. The molecule has 116 valence electrons. The first-order valence-electron chi connectivity index (χ1n) is 7.44. The predicted octanol–water partition coefficient (Wildman–Crippen LogP) is 2.75. The molecular weight excluding hydrogens is 344 g/mol. The van der Waals surface area contributed by atoms with E-state index in [0.717, 1.165) is 18.8 Å². The Morgan fingerprint density at radius 3 is 2.64 bits per heavy atom. The molecule has 0 spiro atoms. The van der Waals surface area contributed by atoms with Crippen LogP contribution < -0.4 is 16.2 Å². The highest BCUT2D eigenvalue weighted by Gasteiger charge is 2.15. The van der Waals surface area contributed by atoms with Crippen molar-refractivity contribution in [2.45, 2.75) is 18.8 Å². The lowest BCUT2D eigenvalue weighted by Crippen LogP contribution is -2.26. The van der Waals surface area contributed by atoms with Crippen molar-refractivity contribution in [3.63, 3.8) is 0 Å². The second kappa shape index (κ2) is 6.62.